The van der Waals surface area contributed by atoms with Gasteiger partial charge in [-0.3, -0.25) is 4.79 Å². The highest BCUT2D eigenvalue weighted by molar-refractivity contribution is 5.79. The lowest BCUT2D eigenvalue weighted by Crippen LogP contribution is -2.52. The first-order valence-electron chi connectivity index (χ1n) is 9.81. The number of rotatable bonds is 5. The summed E-state index contributed by atoms with van der Waals surface area (Å²) in [6, 6.07) is 2.03. The highest BCUT2D eigenvalue weighted by Gasteiger charge is 2.63. The number of hydrogen-bond donors (Lipinski definition) is 1. The topological polar surface area (TPSA) is 95.1 Å². The minimum absolute atomic E-state index is 0.0851. The van der Waals surface area contributed by atoms with E-state index in [-0.39, 0.29) is 22.9 Å². The predicted molar refractivity (Wildman–Crippen MR) is 91.6 cm³/mol. The summed E-state index contributed by atoms with van der Waals surface area (Å²) in [5.74, 6) is 2.29. The highest BCUT2D eigenvalue weighted by atomic mass is 16.5. The van der Waals surface area contributed by atoms with E-state index in [2.05, 4.69) is 21.5 Å². The number of nitriles is 1. The lowest BCUT2D eigenvalue weighted by atomic mass is 9.67. The molecule has 1 aromatic heterocycles. The van der Waals surface area contributed by atoms with Crippen molar-refractivity contribution in [2.75, 3.05) is 13.1 Å². The number of aromatic nitrogens is 2. The van der Waals surface area contributed by atoms with Crippen molar-refractivity contribution in [1.82, 2.24) is 20.4 Å². The Kier molecular flexibility index (Phi) is 3.61. The Morgan fingerprint density at radius 3 is 3.19 bits per heavy atom. The Bertz CT molecular complexity index is 744. The number of carbonyl (C=O) groups excluding carboxylic acids is 1. The third kappa shape index (κ3) is 2.46. The van der Waals surface area contributed by atoms with Gasteiger partial charge in [0.15, 0.2) is 5.82 Å². The smallest absolute Gasteiger partial charge is 0.237 e. The summed E-state index contributed by atoms with van der Waals surface area (Å²) < 4.78 is 4.93. The van der Waals surface area contributed by atoms with Crippen LogP contribution in [0.15, 0.2) is 10.9 Å². The van der Waals surface area contributed by atoms with Gasteiger partial charge in [0.2, 0.25) is 12.3 Å². The van der Waals surface area contributed by atoms with E-state index >= 15 is 0 Å². The van der Waals surface area contributed by atoms with Gasteiger partial charge in [-0.1, -0.05) is 5.16 Å². The molecule has 0 aromatic carbocycles. The second kappa shape index (κ2) is 5.78. The van der Waals surface area contributed by atoms with Crippen LogP contribution in [-0.4, -0.2) is 45.6 Å². The molecule has 7 nitrogen and oxygen atoms in total. The van der Waals surface area contributed by atoms with E-state index in [1.165, 1.54) is 32.1 Å². The normalized spacial score (nSPS) is 40.3. The summed E-state index contributed by atoms with van der Waals surface area (Å²) >= 11 is 0. The average Bonchev–Trinajstić information content (AvgIpc) is 3.36. The van der Waals surface area contributed by atoms with Gasteiger partial charge in [-0.25, -0.2) is 0 Å². The van der Waals surface area contributed by atoms with Crippen LogP contribution in [0.1, 0.15) is 50.8 Å². The fraction of sp³-hybridized carbons (Fsp3) is 0.789. The highest BCUT2D eigenvalue weighted by Crippen LogP contribution is 2.66. The number of likely N-dealkylation sites (tertiary alicyclic amines) is 1. The first-order chi connectivity index (χ1) is 12.6. The Morgan fingerprint density at radius 1 is 1.46 bits per heavy atom. The van der Waals surface area contributed by atoms with E-state index in [4.69, 9.17) is 4.52 Å². The van der Waals surface area contributed by atoms with E-state index in [9.17, 15) is 10.1 Å². The molecule has 1 N–H and O–H groups in total. The van der Waals surface area contributed by atoms with Crippen molar-refractivity contribution < 1.29 is 9.32 Å². The maximum atomic E-state index is 12.7. The zero-order valence-electron chi connectivity index (χ0n) is 15.0. The lowest BCUT2D eigenvalue weighted by Gasteiger charge is -2.41. The Labute approximate surface area is 153 Å². The molecular weight excluding hydrogens is 330 g/mol. The SMILES string of the molecule is N#C[C@@H]1CCCN1C(=O)CNC12CC3CC1CC(Cc1ncon1)(C3)C2. The molecule has 5 fully saturated rings. The summed E-state index contributed by atoms with van der Waals surface area (Å²) in [6.07, 6.45) is 10.1. The molecule has 4 saturated carbocycles. The van der Waals surface area contributed by atoms with Gasteiger partial charge in [0.1, 0.15) is 6.04 Å². The van der Waals surface area contributed by atoms with Crippen LogP contribution in [0.2, 0.25) is 0 Å². The first-order valence-corrected chi connectivity index (χ1v) is 9.81. The van der Waals surface area contributed by atoms with Crippen LogP contribution in [0.3, 0.4) is 0 Å². The van der Waals surface area contributed by atoms with E-state index in [1.54, 1.807) is 4.90 Å². The van der Waals surface area contributed by atoms with Crippen LogP contribution >= 0.6 is 0 Å². The van der Waals surface area contributed by atoms with Gasteiger partial charge in [0.05, 0.1) is 12.6 Å². The molecule has 5 aliphatic rings. The van der Waals surface area contributed by atoms with Crippen LogP contribution in [0.4, 0.5) is 0 Å². The molecule has 5 atom stereocenters. The molecular formula is C19H25N5O2. The molecule has 138 valence electrons. The molecule has 2 heterocycles. The Hall–Kier alpha value is -1.94. The third-order valence-electron chi connectivity index (χ3n) is 7.40. The molecule has 0 radical (unpaired) electrons. The van der Waals surface area contributed by atoms with Gasteiger partial charge in [-0.05, 0) is 62.2 Å². The monoisotopic (exact) mass is 355 g/mol. The molecule has 4 bridgehead atoms. The lowest BCUT2D eigenvalue weighted by molar-refractivity contribution is -0.130. The van der Waals surface area contributed by atoms with E-state index in [0.717, 1.165) is 44.0 Å². The molecule has 26 heavy (non-hydrogen) atoms. The average molecular weight is 355 g/mol. The molecule has 1 saturated heterocycles. The molecule has 7 heteroatoms. The number of amides is 1. The van der Waals surface area contributed by atoms with Crippen molar-refractivity contribution in [3.8, 4) is 6.07 Å². The summed E-state index contributed by atoms with van der Waals surface area (Å²) in [5.41, 5.74) is 0.346. The number of hydrogen-bond acceptors (Lipinski definition) is 6. The van der Waals surface area contributed by atoms with Gasteiger partial charge in [-0.15, -0.1) is 0 Å². The summed E-state index contributed by atoms with van der Waals surface area (Å²) in [7, 11) is 0. The molecule has 4 aliphatic carbocycles. The number of nitrogens with one attached hydrogen (secondary N) is 1. The summed E-state index contributed by atoms with van der Waals surface area (Å²) in [6.45, 7) is 1.08. The summed E-state index contributed by atoms with van der Waals surface area (Å²) in [4.78, 5) is 18.7. The van der Waals surface area contributed by atoms with E-state index < -0.39 is 0 Å². The maximum absolute atomic E-state index is 12.7. The summed E-state index contributed by atoms with van der Waals surface area (Å²) in [5, 5.41) is 16.9. The fourth-order valence-electron chi connectivity index (χ4n) is 6.72. The molecule has 6 rings (SSSR count). The zero-order chi connectivity index (χ0) is 17.8. The fourth-order valence-corrected chi connectivity index (χ4v) is 6.72. The predicted octanol–water partition coefficient (Wildman–Crippen LogP) is 1.67. The largest absolute Gasteiger partial charge is 0.343 e. The van der Waals surface area contributed by atoms with Crippen molar-refractivity contribution in [3.05, 3.63) is 12.2 Å². The molecule has 1 amide bonds. The van der Waals surface area contributed by atoms with Crippen LogP contribution in [-0.2, 0) is 11.2 Å². The van der Waals surface area contributed by atoms with E-state index in [0.29, 0.717) is 12.5 Å². The van der Waals surface area contributed by atoms with E-state index in [1.807, 2.05) is 0 Å². The third-order valence-corrected chi connectivity index (χ3v) is 7.40. The van der Waals surface area contributed by atoms with Crippen LogP contribution in [0, 0.1) is 28.6 Å². The van der Waals surface area contributed by atoms with Gasteiger partial charge >= 0.3 is 0 Å². The molecule has 1 aromatic rings. The van der Waals surface area contributed by atoms with Gasteiger partial charge in [0, 0.05) is 18.5 Å². The van der Waals surface area contributed by atoms with Crippen molar-refractivity contribution in [3.63, 3.8) is 0 Å². The quantitative estimate of drug-likeness (QED) is 0.863. The number of carbonyl (C=O) groups is 1. The van der Waals surface area contributed by atoms with Crippen molar-refractivity contribution in [1.29, 1.82) is 5.26 Å². The minimum atomic E-state index is -0.234. The van der Waals surface area contributed by atoms with Crippen LogP contribution in [0.5, 0.6) is 0 Å². The molecule has 0 spiro atoms. The first kappa shape index (κ1) is 16.2. The van der Waals surface area contributed by atoms with Crippen LogP contribution < -0.4 is 5.32 Å². The standard InChI is InChI=1S/C19H25N5O2/c20-9-15-2-1-3-24(15)17(25)10-22-19-6-13-4-14(19)7-18(5-13,11-19)8-16-21-12-26-23-16/h12-15,22H,1-8,10-11H2/t13?,14?,15-,18?,19?/m0/s1. The number of nitrogens with zero attached hydrogens (tertiary/aromatic N) is 4. The van der Waals surface area contributed by atoms with Crippen molar-refractivity contribution in [2.45, 2.75) is 62.9 Å². The van der Waals surface area contributed by atoms with Gasteiger partial charge in [0.25, 0.3) is 0 Å². The van der Waals surface area contributed by atoms with Crippen molar-refractivity contribution in [2.24, 2.45) is 17.3 Å². The molecule has 1 aliphatic heterocycles. The van der Waals surface area contributed by atoms with Crippen LogP contribution in [0.25, 0.3) is 0 Å². The van der Waals surface area contributed by atoms with Crippen molar-refractivity contribution >= 4 is 5.91 Å². The maximum Gasteiger partial charge on any atom is 0.237 e. The minimum Gasteiger partial charge on any atom is -0.343 e. The second-order valence-corrected chi connectivity index (χ2v) is 9.00. The Balaban J connectivity index is 1.28. The van der Waals surface area contributed by atoms with Gasteiger partial charge in [-0.2, -0.15) is 10.2 Å². The zero-order valence-corrected chi connectivity index (χ0v) is 15.0. The molecule has 4 unspecified atom stereocenters. The Morgan fingerprint density at radius 2 is 2.38 bits per heavy atom. The van der Waals surface area contributed by atoms with Gasteiger partial charge < -0.3 is 14.7 Å². The second-order valence-electron chi connectivity index (χ2n) is 9.00.